The van der Waals surface area contributed by atoms with Crippen molar-refractivity contribution in [2.45, 2.75) is 18.8 Å². The summed E-state index contributed by atoms with van der Waals surface area (Å²) in [4.78, 5) is 0. The van der Waals surface area contributed by atoms with Gasteiger partial charge in [-0.05, 0) is 29.8 Å². The summed E-state index contributed by atoms with van der Waals surface area (Å²) in [5.74, 6) is 0. The minimum absolute atomic E-state index is 0.175. The predicted octanol–water partition coefficient (Wildman–Crippen LogP) is 3.20. The predicted molar refractivity (Wildman–Crippen MR) is 65.7 cm³/mol. The Labute approximate surface area is 108 Å². The number of aromatic nitrogens is 1. The molecule has 2 heterocycles. The number of hydrogen-bond donors (Lipinski definition) is 1. The van der Waals surface area contributed by atoms with E-state index in [1.807, 2.05) is 18.3 Å². The molecule has 0 saturated heterocycles. The number of hydrogen-bond acceptors (Lipinski definition) is 1. The first-order valence-corrected chi connectivity index (χ1v) is 6.11. The van der Waals surface area contributed by atoms with Gasteiger partial charge in [0.05, 0.1) is 11.6 Å². The molecule has 1 atom stereocenters. The summed E-state index contributed by atoms with van der Waals surface area (Å²) in [5, 5.41) is 3.27. The number of benzene rings is 1. The molecule has 1 aliphatic rings. The van der Waals surface area contributed by atoms with E-state index in [1.54, 1.807) is 6.07 Å². The molecule has 19 heavy (non-hydrogen) atoms. The minimum Gasteiger partial charge on any atom is -0.348 e. The van der Waals surface area contributed by atoms with Crippen molar-refractivity contribution < 1.29 is 13.2 Å². The lowest BCUT2D eigenvalue weighted by Gasteiger charge is -2.27. The Hall–Kier alpha value is -1.75. The van der Waals surface area contributed by atoms with Crippen LogP contribution in [0.5, 0.6) is 0 Å². The molecule has 0 bridgehead atoms. The van der Waals surface area contributed by atoms with Crippen LogP contribution in [0.3, 0.4) is 0 Å². The van der Waals surface area contributed by atoms with Crippen molar-refractivity contribution >= 4 is 0 Å². The molecule has 0 spiro atoms. The second-order valence-electron chi connectivity index (χ2n) is 4.64. The third-order valence-corrected chi connectivity index (χ3v) is 3.41. The van der Waals surface area contributed by atoms with Crippen molar-refractivity contribution in [3.05, 3.63) is 59.4 Å². The van der Waals surface area contributed by atoms with E-state index in [2.05, 4.69) is 9.88 Å². The van der Waals surface area contributed by atoms with Crippen LogP contribution < -0.4 is 5.32 Å². The number of rotatable bonds is 1. The largest absolute Gasteiger partial charge is 0.416 e. The number of alkyl halides is 3. The maximum absolute atomic E-state index is 12.7. The van der Waals surface area contributed by atoms with Crippen LogP contribution in [0, 0.1) is 0 Å². The van der Waals surface area contributed by atoms with Gasteiger partial charge in [-0.3, -0.25) is 0 Å². The van der Waals surface area contributed by atoms with Gasteiger partial charge in [0.1, 0.15) is 0 Å². The number of fused-ring (bicyclic) bond motifs is 1. The summed E-state index contributed by atoms with van der Waals surface area (Å²) >= 11 is 0. The first-order valence-electron chi connectivity index (χ1n) is 6.11. The molecule has 1 aromatic carbocycles. The molecular weight excluding hydrogens is 253 g/mol. The summed E-state index contributed by atoms with van der Waals surface area (Å²) < 4.78 is 40.3. The van der Waals surface area contributed by atoms with Crippen LogP contribution in [0.2, 0.25) is 0 Å². The SMILES string of the molecule is FC(F)(F)c1cccc(C2NCCn3cccc32)c1. The summed E-state index contributed by atoms with van der Waals surface area (Å²) in [6, 6.07) is 9.20. The molecule has 0 aliphatic carbocycles. The van der Waals surface area contributed by atoms with E-state index in [0.717, 1.165) is 24.8 Å². The van der Waals surface area contributed by atoms with Gasteiger partial charge in [0.2, 0.25) is 0 Å². The quantitative estimate of drug-likeness (QED) is 0.838. The molecule has 1 aromatic heterocycles. The number of nitrogens with zero attached hydrogens (tertiary/aromatic N) is 1. The van der Waals surface area contributed by atoms with E-state index in [1.165, 1.54) is 12.1 Å². The zero-order valence-electron chi connectivity index (χ0n) is 10.1. The lowest BCUT2D eigenvalue weighted by atomic mass is 10.00. The van der Waals surface area contributed by atoms with Gasteiger partial charge in [0, 0.05) is 25.0 Å². The van der Waals surface area contributed by atoms with Gasteiger partial charge < -0.3 is 9.88 Å². The monoisotopic (exact) mass is 266 g/mol. The fraction of sp³-hybridized carbons (Fsp3) is 0.286. The molecule has 1 N–H and O–H groups in total. The average Bonchev–Trinajstić information content (AvgIpc) is 2.86. The highest BCUT2D eigenvalue weighted by molar-refractivity contribution is 5.34. The van der Waals surface area contributed by atoms with E-state index in [0.29, 0.717) is 5.56 Å². The van der Waals surface area contributed by atoms with Gasteiger partial charge in [-0.2, -0.15) is 13.2 Å². The summed E-state index contributed by atoms with van der Waals surface area (Å²) in [6.07, 6.45) is -2.34. The topological polar surface area (TPSA) is 17.0 Å². The fourth-order valence-corrected chi connectivity index (χ4v) is 2.51. The third-order valence-electron chi connectivity index (χ3n) is 3.41. The van der Waals surface area contributed by atoms with Crippen LogP contribution in [-0.2, 0) is 12.7 Å². The second-order valence-corrected chi connectivity index (χ2v) is 4.64. The van der Waals surface area contributed by atoms with E-state index < -0.39 is 11.7 Å². The van der Waals surface area contributed by atoms with E-state index in [9.17, 15) is 13.2 Å². The van der Waals surface area contributed by atoms with E-state index in [4.69, 9.17) is 0 Å². The Kier molecular flexibility index (Phi) is 2.86. The smallest absolute Gasteiger partial charge is 0.348 e. The highest BCUT2D eigenvalue weighted by Gasteiger charge is 2.31. The lowest BCUT2D eigenvalue weighted by Crippen LogP contribution is -2.33. The minimum atomic E-state index is -4.30. The Bertz CT molecular complexity index is 586. The molecule has 0 fully saturated rings. The van der Waals surface area contributed by atoms with Crippen molar-refractivity contribution in [3.8, 4) is 0 Å². The Morgan fingerprint density at radius 2 is 2.00 bits per heavy atom. The fourth-order valence-electron chi connectivity index (χ4n) is 2.51. The van der Waals surface area contributed by atoms with Crippen molar-refractivity contribution in [1.29, 1.82) is 0 Å². The van der Waals surface area contributed by atoms with Crippen molar-refractivity contribution in [2.75, 3.05) is 6.54 Å². The maximum atomic E-state index is 12.7. The molecule has 3 rings (SSSR count). The Morgan fingerprint density at radius 3 is 2.79 bits per heavy atom. The van der Waals surface area contributed by atoms with Crippen molar-refractivity contribution in [2.24, 2.45) is 0 Å². The summed E-state index contributed by atoms with van der Waals surface area (Å²) in [6.45, 7) is 1.60. The average molecular weight is 266 g/mol. The highest BCUT2D eigenvalue weighted by atomic mass is 19.4. The molecule has 2 aromatic rings. The van der Waals surface area contributed by atoms with Gasteiger partial charge in [0.15, 0.2) is 0 Å². The van der Waals surface area contributed by atoms with Gasteiger partial charge in [-0.25, -0.2) is 0 Å². The Morgan fingerprint density at radius 1 is 1.16 bits per heavy atom. The standard InChI is InChI=1S/C14H13F3N2/c15-14(16,17)11-4-1-3-10(9-11)13-12-5-2-7-19(12)8-6-18-13/h1-5,7,9,13,18H,6,8H2. The van der Waals surface area contributed by atoms with E-state index in [-0.39, 0.29) is 6.04 Å². The van der Waals surface area contributed by atoms with Gasteiger partial charge >= 0.3 is 6.18 Å². The molecule has 5 heteroatoms. The summed E-state index contributed by atoms with van der Waals surface area (Å²) in [5.41, 5.74) is 1.05. The molecule has 0 radical (unpaired) electrons. The molecule has 0 saturated carbocycles. The maximum Gasteiger partial charge on any atom is 0.416 e. The van der Waals surface area contributed by atoms with Crippen LogP contribution in [0.4, 0.5) is 13.2 Å². The molecular formula is C14H13F3N2. The van der Waals surface area contributed by atoms with Crippen molar-refractivity contribution in [1.82, 2.24) is 9.88 Å². The third kappa shape index (κ3) is 2.26. The molecule has 0 amide bonds. The lowest BCUT2D eigenvalue weighted by molar-refractivity contribution is -0.137. The molecule has 2 nitrogen and oxygen atoms in total. The normalized spacial score (nSPS) is 19.2. The van der Waals surface area contributed by atoms with Crippen LogP contribution in [-0.4, -0.2) is 11.1 Å². The first-order chi connectivity index (χ1) is 9.05. The van der Waals surface area contributed by atoms with Crippen molar-refractivity contribution in [3.63, 3.8) is 0 Å². The van der Waals surface area contributed by atoms with Crippen LogP contribution in [0.25, 0.3) is 0 Å². The first kappa shape index (κ1) is 12.3. The van der Waals surface area contributed by atoms with E-state index >= 15 is 0 Å². The number of halogens is 3. The molecule has 1 unspecified atom stereocenters. The molecule has 100 valence electrons. The second kappa shape index (κ2) is 4.42. The van der Waals surface area contributed by atoms with Gasteiger partial charge in [0.25, 0.3) is 0 Å². The van der Waals surface area contributed by atoms with Gasteiger partial charge in [-0.1, -0.05) is 12.1 Å². The number of nitrogens with one attached hydrogen (secondary N) is 1. The van der Waals surface area contributed by atoms with Crippen LogP contribution in [0.15, 0.2) is 42.6 Å². The zero-order valence-corrected chi connectivity index (χ0v) is 10.1. The van der Waals surface area contributed by atoms with Gasteiger partial charge in [-0.15, -0.1) is 0 Å². The van der Waals surface area contributed by atoms with Crippen LogP contribution >= 0.6 is 0 Å². The molecule has 1 aliphatic heterocycles. The van der Waals surface area contributed by atoms with Crippen LogP contribution in [0.1, 0.15) is 22.9 Å². The highest BCUT2D eigenvalue weighted by Crippen LogP contribution is 2.32. The summed E-state index contributed by atoms with van der Waals surface area (Å²) in [7, 11) is 0. The Balaban J connectivity index is 2.01. The zero-order chi connectivity index (χ0) is 13.5.